The minimum atomic E-state index is -1.57. The van der Waals surface area contributed by atoms with Gasteiger partial charge < -0.3 is 40.3 Å². The Balaban J connectivity index is 2.11. The van der Waals surface area contributed by atoms with E-state index in [1.165, 1.54) is 295 Å². The second-order valence-corrected chi connectivity index (χ2v) is 24.7. The molecule has 7 atom stereocenters. The third-order valence-corrected chi connectivity index (χ3v) is 16.9. The van der Waals surface area contributed by atoms with Crippen LogP contribution in [-0.4, -0.2) is 87.5 Å². The highest BCUT2D eigenvalue weighted by molar-refractivity contribution is 5.76. The fourth-order valence-electron chi connectivity index (χ4n) is 11.4. The number of carbonyl (C=O) groups is 1. The highest BCUT2D eigenvalue weighted by atomic mass is 16.7. The molecular weight excluding hydrogens is 995 g/mol. The summed E-state index contributed by atoms with van der Waals surface area (Å²) in [5, 5.41) is 54.7. The molecule has 1 aliphatic heterocycles. The molecule has 9 heteroatoms. The maximum absolute atomic E-state index is 13.1. The van der Waals surface area contributed by atoms with Crippen LogP contribution in [0.2, 0.25) is 0 Å². The van der Waals surface area contributed by atoms with Gasteiger partial charge in [0.2, 0.25) is 5.91 Å². The number of amides is 1. The normalized spacial score (nSPS) is 18.6. The van der Waals surface area contributed by atoms with Crippen LogP contribution in [-0.2, 0) is 14.3 Å². The summed E-state index contributed by atoms with van der Waals surface area (Å²) < 4.78 is 11.3. The van der Waals surface area contributed by atoms with Crippen LogP contribution in [0, 0.1) is 0 Å². The first kappa shape index (κ1) is 76.4. The molecule has 0 aromatic carbocycles. The first-order valence-electron chi connectivity index (χ1n) is 35.2. The lowest BCUT2D eigenvalue weighted by atomic mass is 9.99. The van der Waals surface area contributed by atoms with Crippen molar-refractivity contribution in [1.29, 1.82) is 0 Å². The maximum Gasteiger partial charge on any atom is 0.220 e. The van der Waals surface area contributed by atoms with Crippen molar-refractivity contribution >= 4 is 5.91 Å². The molecule has 0 spiro atoms. The zero-order valence-electron chi connectivity index (χ0n) is 52.9. The van der Waals surface area contributed by atoms with Crippen LogP contribution in [0.4, 0.5) is 0 Å². The van der Waals surface area contributed by atoms with E-state index >= 15 is 0 Å². The SMILES string of the molecule is CCCCCCCCCCCCCCCC/C=C\CCCCCCCCCCCCCCCCCCCC(=O)NC(COC1OC(CO)C(O)C(O)C1O)C(O)/C=C/CC/C=C/CCCCCCCCCCCCCCCCCC. The van der Waals surface area contributed by atoms with Crippen molar-refractivity contribution in [2.24, 2.45) is 0 Å². The molecule has 1 fully saturated rings. The summed E-state index contributed by atoms with van der Waals surface area (Å²) in [6.07, 6.45) is 74.1. The number of allylic oxidation sites excluding steroid dienone is 5. The average molecular weight is 1130 g/mol. The van der Waals surface area contributed by atoms with Gasteiger partial charge in [-0.1, -0.05) is 326 Å². The Kier molecular flexibility index (Phi) is 57.8. The molecule has 6 N–H and O–H groups in total. The zero-order chi connectivity index (χ0) is 57.9. The molecule has 472 valence electrons. The predicted octanol–water partition coefficient (Wildman–Crippen LogP) is 19.0. The number of rotatable bonds is 62. The van der Waals surface area contributed by atoms with Gasteiger partial charge in [0, 0.05) is 6.42 Å². The van der Waals surface area contributed by atoms with E-state index in [2.05, 4.69) is 43.5 Å². The molecule has 0 radical (unpaired) electrons. The van der Waals surface area contributed by atoms with Crippen molar-refractivity contribution in [1.82, 2.24) is 5.32 Å². The first-order valence-corrected chi connectivity index (χ1v) is 35.2. The van der Waals surface area contributed by atoms with Crippen LogP contribution in [0.25, 0.3) is 0 Å². The van der Waals surface area contributed by atoms with E-state index in [0.29, 0.717) is 6.42 Å². The van der Waals surface area contributed by atoms with Gasteiger partial charge in [0.05, 0.1) is 25.4 Å². The molecule has 0 aliphatic carbocycles. The predicted molar refractivity (Wildman–Crippen MR) is 341 cm³/mol. The summed E-state index contributed by atoms with van der Waals surface area (Å²) >= 11 is 0. The number of unbranched alkanes of at least 4 members (excludes halogenated alkanes) is 48. The van der Waals surface area contributed by atoms with Gasteiger partial charge in [-0.15, -0.1) is 0 Å². The topological polar surface area (TPSA) is 149 Å². The molecule has 80 heavy (non-hydrogen) atoms. The molecule has 1 aliphatic rings. The quantitative estimate of drug-likeness (QED) is 0.0261. The largest absolute Gasteiger partial charge is 0.394 e. The lowest BCUT2D eigenvalue weighted by Crippen LogP contribution is -2.60. The highest BCUT2D eigenvalue weighted by Gasteiger charge is 2.44. The summed E-state index contributed by atoms with van der Waals surface area (Å²) in [6, 6.07) is -0.822. The van der Waals surface area contributed by atoms with Gasteiger partial charge in [-0.3, -0.25) is 4.79 Å². The van der Waals surface area contributed by atoms with Gasteiger partial charge >= 0.3 is 0 Å². The molecule has 1 rings (SSSR count). The Hall–Kier alpha value is -1.59. The maximum atomic E-state index is 13.1. The number of aliphatic hydroxyl groups excluding tert-OH is 5. The molecule has 9 nitrogen and oxygen atoms in total. The minimum absolute atomic E-state index is 0.180. The van der Waals surface area contributed by atoms with Crippen molar-refractivity contribution in [3.63, 3.8) is 0 Å². The van der Waals surface area contributed by atoms with E-state index in [0.717, 1.165) is 38.5 Å². The Bertz CT molecular complexity index is 1360. The van der Waals surface area contributed by atoms with Crippen molar-refractivity contribution < 1.29 is 39.8 Å². The summed E-state index contributed by atoms with van der Waals surface area (Å²) in [5.41, 5.74) is 0. The van der Waals surface area contributed by atoms with Gasteiger partial charge in [0.25, 0.3) is 0 Å². The van der Waals surface area contributed by atoms with Crippen LogP contribution < -0.4 is 5.32 Å². The van der Waals surface area contributed by atoms with E-state index in [-0.39, 0.29) is 12.5 Å². The molecule has 0 aromatic heterocycles. The third kappa shape index (κ3) is 48.7. The van der Waals surface area contributed by atoms with E-state index in [1.54, 1.807) is 6.08 Å². The average Bonchev–Trinajstić information content (AvgIpc) is 3.46. The lowest BCUT2D eigenvalue weighted by molar-refractivity contribution is -0.302. The molecule has 0 aromatic rings. The monoisotopic (exact) mass is 1130 g/mol. The summed E-state index contributed by atoms with van der Waals surface area (Å²) in [5.74, 6) is -0.180. The minimum Gasteiger partial charge on any atom is -0.394 e. The van der Waals surface area contributed by atoms with Crippen molar-refractivity contribution in [2.45, 2.75) is 397 Å². The molecular formula is C71H135NO8. The van der Waals surface area contributed by atoms with Crippen LogP contribution in [0.3, 0.4) is 0 Å². The van der Waals surface area contributed by atoms with Crippen LogP contribution in [0.5, 0.6) is 0 Å². The second-order valence-electron chi connectivity index (χ2n) is 24.7. The third-order valence-electron chi connectivity index (χ3n) is 16.9. The van der Waals surface area contributed by atoms with E-state index < -0.39 is 49.5 Å². The molecule has 1 heterocycles. The molecule has 0 saturated carbocycles. The van der Waals surface area contributed by atoms with Crippen LogP contribution >= 0.6 is 0 Å². The molecule has 7 unspecified atom stereocenters. The first-order chi connectivity index (χ1) is 39.3. The van der Waals surface area contributed by atoms with Crippen molar-refractivity contribution in [2.75, 3.05) is 13.2 Å². The Morgan fingerprint density at radius 3 is 1.05 bits per heavy atom. The molecule has 1 saturated heterocycles. The van der Waals surface area contributed by atoms with Gasteiger partial charge in [0.15, 0.2) is 6.29 Å². The summed E-state index contributed by atoms with van der Waals surface area (Å²) in [4.78, 5) is 13.1. The summed E-state index contributed by atoms with van der Waals surface area (Å²) in [6.45, 7) is 3.82. The van der Waals surface area contributed by atoms with Gasteiger partial charge in [-0.05, 0) is 57.8 Å². The van der Waals surface area contributed by atoms with E-state index in [1.807, 2.05) is 6.08 Å². The van der Waals surface area contributed by atoms with Crippen molar-refractivity contribution in [3.05, 3.63) is 36.5 Å². The standard InChI is InChI=1S/C71H135NO8/c1-3-5-7-9-11-13-15-17-19-21-23-25-27-28-29-30-31-32-33-34-35-36-37-38-39-41-43-45-47-49-51-53-55-57-59-61-67(75)72-64(63-79-71-70(78)69(77)68(76)66(62-73)80-71)65(74)60-58-56-54-52-50-48-46-44-42-40-26-24-22-20-18-16-14-12-10-8-6-4-2/h30-31,50,52,58,60,64-66,68-71,73-74,76-78H,3-29,32-49,51,53-57,59,61-63H2,1-2H3,(H,72,75)/b31-30-,52-50+,60-58+. The zero-order valence-corrected chi connectivity index (χ0v) is 52.9. The number of hydrogen-bond acceptors (Lipinski definition) is 8. The number of carbonyl (C=O) groups excluding carboxylic acids is 1. The number of ether oxygens (including phenoxy) is 2. The Labute approximate surface area is 495 Å². The Morgan fingerprint density at radius 2 is 0.713 bits per heavy atom. The van der Waals surface area contributed by atoms with Crippen LogP contribution in [0.1, 0.15) is 354 Å². The fraction of sp³-hybridized carbons (Fsp3) is 0.901. The van der Waals surface area contributed by atoms with Gasteiger partial charge in [-0.2, -0.15) is 0 Å². The smallest absolute Gasteiger partial charge is 0.220 e. The van der Waals surface area contributed by atoms with E-state index in [9.17, 15) is 30.3 Å². The Morgan fingerprint density at radius 1 is 0.412 bits per heavy atom. The summed E-state index contributed by atoms with van der Waals surface area (Å²) in [7, 11) is 0. The van der Waals surface area contributed by atoms with Gasteiger partial charge in [0.1, 0.15) is 24.4 Å². The van der Waals surface area contributed by atoms with E-state index in [4.69, 9.17) is 9.47 Å². The lowest BCUT2D eigenvalue weighted by Gasteiger charge is -2.40. The van der Waals surface area contributed by atoms with Crippen molar-refractivity contribution in [3.8, 4) is 0 Å². The number of aliphatic hydroxyl groups is 5. The molecule has 0 bridgehead atoms. The second kappa shape index (κ2) is 60.5. The number of nitrogens with one attached hydrogen (secondary N) is 1. The fourth-order valence-corrected chi connectivity index (χ4v) is 11.4. The molecule has 1 amide bonds. The number of hydrogen-bond donors (Lipinski definition) is 6. The van der Waals surface area contributed by atoms with Gasteiger partial charge in [-0.25, -0.2) is 0 Å². The van der Waals surface area contributed by atoms with Crippen LogP contribution in [0.15, 0.2) is 36.5 Å². The highest BCUT2D eigenvalue weighted by Crippen LogP contribution is 2.23.